The first-order valence-corrected chi connectivity index (χ1v) is 18.1. The van der Waals surface area contributed by atoms with Gasteiger partial charge in [-0.3, -0.25) is 0 Å². The Labute approximate surface area is 279 Å². The van der Waals surface area contributed by atoms with Crippen molar-refractivity contribution in [2.75, 3.05) is 5.88 Å². The SMILES string of the molecule is FC(F)(F)C(F)(F)C(F)(F)C(F)(F)SNSCNC12CC3CC(CC(C3)C1)C2.c1ccc([S+](c2ccccc2)c2ccccc2)cc1. The molecule has 2 nitrogen and oxygen atoms in total. The Morgan fingerprint density at radius 2 is 0.979 bits per heavy atom. The third-order valence-corrected chi connectivity index (χ3v) is 12.7. The predicted molar refractivity (Wildman–Crippen MR) is 170 cm³/mol. The zero-order chi connectivity index (χ0) is 33.9. The zero-order valence-corrected chi connectivity index (χ0v) is 27.4. The van der Waals surface area contributed by atoms with E-state index in [1.165, 1.54) is 33.9 Å². The van der Waals surface area contributed by atoms with Crippen LogP contribution in [-0.2, 0) is 10.9 Å². The van der Waals surface area contributed by atoms with Crippen LogP contribution in [0, 0.1) is 17.8 Å². The van der Waals surface area contributed by atoms with Gasteiger partial charge in [-0.1, -0.05) is 66.5 Å². The Balaban J connectivity index is 0.000000198. The molecule has 0 amide bonds. The van der Waals surface area contributed by atoms with Crippen molar-refractivity contribution in [1.82, 2.24) is 9.44 Å². The number of hydrogen-bond donors (Lipinski definition) is 2. The molecule has 0 aliphatic heterocycles. The topological polar surface area (TPSA) is 24.1 Å². The maximum Gasteiger partial charge on any atom is 0.460 e. The highest BCUT2D eigenvalue weighted by molar-refractivity contribution is 8.13. The van der Waals surface area contributed by atoms with Crippen LogP contribution in [0.25, 0.3) is 0 Å². The van der Waals surface area contributed by atoms with Gasteiger partial charge in [0.2, 0.25) is 0 Å². The van der Waals surface area contributed by atoms with E-state index >= 15 is 0 Å². The molecule has 2 N–H and O–H groups in total. The van der Waals surface area contributed by atoms with Crippen LogP contribution in [0.5, 0.6) is 0 Å². The van der Waals surface area contributed by atoms with Crippen molar-refractivity contribution < 1.29 is 39.5 Å². The van der Waals surface area contributed by atoms with Crippen molar-refractivity contribution in [2.45, 2.75) is 82.0 Å². The summed E-state index contributed by atoms with van der Waals surface area (Å²) in [6.07, 6.45) is -0.436. The first-order chi connectivity index (χ1) is 22.1. The Kier molecular flexibility index (Phi) is 11.2. The molecule has 47 heavy (non-hydrogen) atoms. The monoisotopic (exact) mass is 725 g/mol. The Hall–Kier alpha value is -2.00. The summed E-state index contributed by atoms with van der Waals surface area (Å²) in [7, 11) is -0.0146. The number of alkyl halides is 9. The van der Waals surface area contributed by atoms with Gasteiger partial charge in [0.05, 0.1) is 16.8 Å². The summed E-state index contributed by atoms with van der Waals surface area (Å²) in [4.78, 5) is 4.08. The van der Waals surface area contributed by atoms with Crippen LogP contribution < -0.4 is 9.44 Å². The lowest BCUT2D eigenvalue weighted by molar-refractivity contribution is -0.381. The second-order valence-electron chi connectivity index (χ2n) is 12.3. The lowest BCUT2D eigenvalue weighted by Crippen LogP contribution is -2.60. The van der Waals surface area contributed by atoms with Crippen LogP contribution in [0.15, 0.2) is 106 Å². The van der Waals surface area contributed by atoms with Gasteiger partial charge in [-0.05, 0) is 92.7 Å². The third kappa shape index (κ3) is 8.08. The Morgan fingerprint density at radius 3 is 1.34 bits per heavy atom. The molecule has 7 rings (SSSR count). The quantitative estimate of drug-likeness (QED) is 0.0676. The van der Waals surface area contributed by atoms with Crippen molar-refractivity contribution in [3.8, 4) is 0 Å². The molecule has 3 aromatic carbocycles. The van der Waals surface area contributed by atoms with E-state index in [0.717, 1.165) is 19.3 Å². The molecule has 0 atom stereocenters. The summed E-state index contributed by atoms with van der Waals surface area (Å²) < 4.78 is 117. The molecule has 256 valence electrons. The fourth-order valence-corrected chi connectivity index (χ4v) is 10.8. The van der Waals surface area contributed by atoms with Gasteiger partial charge in [0.1, 0.15) is 0 Å². The second kappa shape index (κ2) is 14.5. The minimum absolute atomic E-state index is 0.0146. The molecular weight excluding hydrogens is 692 g/mol. The number of hydrogen-bond acceptors (Lipinski definition) is 4. The van der Waals surface area contributed by atoms with Crippen molar-refractivity contribution in [3.05, 3.63) is 91.0 Å². The smallest absolute Gasteiger partial charge is 0.301 e. The van der Waals surface area contributed by atoms with E-state index in [-0.39, 0.29) is 22.3 Å². The van der Waals surface area contributed by atoms with Crippen LogP contribution >= 0.6 is 23.9 Å². The van der Waals surface area contributed by atoms with Crippen LogP contribution in [0.1, 0.15) is 38.5 Å². The Morgan fingerprint density at radius 1 is 0.596 bits per heavy atom. The highest BCUT2D eigenvalue weighted by Crippen LogP contribution is 2.57. The summed E-state index contributed by atoms with van der Waals surface area (Å²) in [6.45, 7) is 0. The fraction of sp³-hybridized carbons (Fsp3) is 0.455. The average Bonchev–Trinajstić information content (AvgIpc) is 3.01. The number of halogens is 9. The van der Waals surface area contributed by atoms with Crippen LogP contribution in [0.2, 0.25) is 0 Å². The first-order valence-electron chi connectivity index (χ1n) is 15.0. The van der Waals surface area contributed by atoms with Gasteiger partial charge in [-0.25, -0.2) is 4.13 Å². The predicted octanol–water partition coefficient (Wildman–Crippen LogP) is 10.6. The fourth-order valence-electron chi connectivity index (χ4n) is 7.13. The van der Waals surface area contributed by atoms with Gasteiger partial charge in [0.15, 0.2) is 14.7 Å². The molecule has 0 spiro atoms. The van der Waals surface area contributed by atoms with Crippen LogP contribution in [-0.4, -0.2) is 34.7 Å². The highest BCUT2D eigenvalue weighted by atomic mass is 32.2. The molecule has 14 heteroatoms. The van der Waals surface area contributed by atoms with Crippen molar-refractivity contribution in [2.24, 2.45) is 17.8 Å². The molecule has 4 bridgehead atoms. The molecule has 0 aromatic heterocycles. The van der Waals surface area contributed by atoms with E-state index in [2.05, 4.69) is 96.3 Å². The van der Waals surface area contributed by atoms with Gasteiger partial charge in [0, 0.05) is 17.5 Å². The Bertz CT molecular complexity index is 1300. The maximum atomic E-state index is 13.4. The average molecular weight is 726 g/mol. The van der Waals surface area contributed by atoms with Crippen molar-refractivity contribution in [3.63, 3.8) is 0 Å². The molecule has 3 aromatic rings. The molecular formula is C33H34F9N2S3+. The molecule has 0 radical (unpaired) electrons. The summed E-state index contributed by atoms with van der Waals surface area (Å²) in [5.74, 6) is -11.6. The lowest BCUT2D eigenvalue weighted by atomic mass is 9.53. The molecule has 0 unspecified atom stereocenters. The van der Waals surface area contributed by atoms with Crippen molar-refractivity contribution in [1.29, 1.82) is 0 Å². The van der Waals surface area contributed by atoms with Gasteiger partial charge in [0.25, 0.3) is 0 Å². The third-order valence-electron chi connectivity index (χ3n) is 8.84. The molecule has 4 aliphatic rings. The summed E-state index contributed by atoms with van der Waals surface area (Å²) >= 11 is -0.619. The molecule has 4 saturated carbocycles. The highest BCUT2D eigenvalue weighted by Gasteiger charge is 2.82. The van der Waals surface area contributed by atoms with Gasteiger partial charge in [-0.15, -0.1) is 0 Å². The summed E-state index contributed by atoms with van der Waals surface area (Å²) in [5.41, 5.74) is -0.135. The van der Waals surface area contributed by atoms with E-state index in [4.69, 9.17) is 0 Å². The number of benzene rings is 3. The standard InChI is InChI=1S/C18H15S.C15H19F9N2S2/c1-4-10-16(11-5-1)19(17-12-6-2-7-13-17)18-14-8-3-9-15-18;16-12(17,14(20,21)22)13(18,19)15(23,24)28-26-27-7-25-11-4-8-1-9(5-11)3-10(2-8)6-11/h1-15H;8-10,25-26H,1-7H2/q+1;. The lowest BCUT2D eigenvalue weighted by Gasteiger charge is -2.57. The largest absolute Gasteiger partial charge is 0.460 e. The van der Waals surface area contributed by atoms with Crippen molar-refractivity contribution >= 4 is 34.8 Å². The molecule has 0 saturated heterocycles. The molecule has 4 aliphatic carbocycles. The number of rotatable bonds is 11. The summed E-state index contributed by atoms with van der Waals surface area (Å²) in [5, 5.41) is -2.43. The van der Waals surface area contributed by atoms with E-state index < -0.39 is 35.2 Å². The maximum absolute atomic E-state index is 13.4. The molecule has 0 heterocycles. The van der Waals surface area contributed by atoms with Gasteiger partial charge < -0.3 is 5.32 Å². The minimum Gasteiger partial charge on any atom is -0.301 e. The van der Waals surface area contributed by atoms with E-state index in [1.54, 1.807) is 4.13 Å². The molecule has 4 fully saturated rings. The normalized spacial score (nSPS) is 24.3. The van der Waals surface area contributed by atoms with Crippen LogP contribution in [0.3, 0.4) is 0 Å². The number of nitrogens with one attached hydrogen (secondary N) is 2. The minimum atomic E-state index is -6.86. The van der Waals surface area contributed by atoms with E-state index in [1.807, 2.05) is 0 Å². The first kappa shape index (κ1) is 36.3. The zero-order valence-electron chi connectivity index (χ0n) is 25.0. The second-order valence-corrected chi connectivity index (χ2v) is 16.2. The van der Waals surface area contributed by atoms with E-state index in [9.17, 15) is 39.5 Å². The van der Waals surface area contributed by atoms with Gasteiger partial charge in [-0.2, -0.15) is 39.5 Å². The van der Waals surface area contributed by atoms with Crippen LogP contribution in [0.4, 0.5) is 39.5 Å². The van der Waals surface area contributed by atoms with Gasteiger partial charge >= 0.3 is 23.3 Å². The van der Waals surface area contributed by atoms with E-state index in [0.29, 0.717) is 29.7 Å². The summed E-state index contributed by atoms with van der Waals surface area (Å²) in [6, 6.07) is 32.2.